The molecule has 11 heavy (non-hydrogen) atoms. The van der Waals surface area contributed by atoms with Gasteiger partial charge < -0.3 is 5.32 Å². The molecule has 2 amide bonds. The van der Waals surface area contributed by atoms with Gasteiger partial charge in [-0.25, -0.2) is 5.48 Å². The van der Waals surface area contributed by atoms with Crippen molar-refractivity contribution in [3.8, 4) is 0 Å². The largest absolute Gasteiger partial charge is 0.339 e. The van der Waals surface area contributed by atoms with Gasteiger partial charge in [-0.2, -0.15) is 0 Å². The molecule has 0 spiro atoms. The summed E-state index contributed by atoms with van der Waals surface area (Å²) in [5.74, 6) is -0.712. The number of hydrogen-bond donors (Lipinski definition) is 2. The zero-order chi connectivity index (χ0) is 8.27. The minimum Gasteiger partial charge on any atom is -0.339 e. The van der Waals surface area contributed by atoms with Crippen molar-refractivity contribution in [3.63, 3.8) is 0 Å². The summed E-state index contributed by atoms with van der Waals surface area (Å²) in [5.41, 5.74) is 2.11. The van der Waals surface area contributed by atoms with Crippen molar-refractivity contribution in [2.75, 3.05) is 6.61 Å². The van der Waals surface area contributed by atoms with E-state index in [-0.39, 0.29) is 18.4 Å². The summed E-state index contributed by atoms with van der Waals surface area (Å²) in [5, 5.41) is 2.38. The summed E-state index contributed by atoms with van der Waals surface area (Å²) in [6.07, 6.45) is 1.10. The highest BCUT2D eigenvalue weighted by Gasteiger charge is 2.25. The molecule has 0 saturated carbocycles. The molecule has 0 aromatic carbocycles. The topological polar surface area (TPSA) is 67.4 Å². The monoisotopic (exact) mass is 156 g/mol. The second-order valence-electron chi connectivity index (χ2n) is 2.04. The molecule has 0 bridgehead atoms. The first-order chi connectivity index (χ1) is 5.24. The van der Waals surface area contributed by atoms with Crippen LogP contribution >= 0.6 is 0 Å². The van der Waals surface area contributed by atoms with E-state index in [1.165, 1.54) is 0 Å². The maximum absolute atomic E-state index is 10.7. The second-order valence-corrected chi connectivity index (χ2v) is 2.04. The van der Waals surface area contributed by atoms with E-state index in [1.54, 1.807) is 0 Å². The molecule has 1 aliphatic rings. The average Bonchev–Trinajstić information content (AvgIpc) is 2.37. The van der Waals surface area contributed by atoms with Gasteiger partial charge in [-0.05, 0) is 6.08 Å². The highest BCUT2D eigenvalue weighted by Crippen LogP contribution is 1.93. The first-order valence-corrected chi connectivity index (χ1v) is 3.08. The van der Waals surface area contributed by atoms with E-state index in [2.05, 4.69) is 22.2 Å². The molecule has 1 rings (SSSR count). The van der Waals surface area contributed by atoms with E-state index >= 15 is 0 Å². The Morgan fingerprint density at radius 2 is 2.64 bits per heavy atom. The van der Waals surface area contributed by atoms with Crippen LogP contribution in [0.2, 0.25) is 0 Å². The van der Waals surface area contributed by atoms with Crippen molar-refractivity contribution < 1.29 is 14.4 Å². The maximum Gasteiger partial charge on any atom is 0.268 e. The fraction of sp³-hybridized carbons (Fsp3) is 0.333. The zero-order valence-electron chi connectivity index (χ0n) is 5.79. The molecular formula is C6H8N2O3. The normalized spacial score (nSPS) is 22.5. The Morgan fingerprint density at radius 3 is 3.09 bits per heavy atom. The third-order valence-corrected chi connectivity index (χ3v) is 1.24. The van der Waals surface area contributed by atoms with Crippen molar-refractivity contribution in [3.05, 3.63) is 12.7 Å². The summed E-state index contributed by atoms with van der Waals surface area (Å²) in [6.45, 7) is 3.41. The predicted molar refractivity (Wildman–Crippen MR) is 36.2 cm³/mol. The predicted octanol–water partition coefficient (Wildman–Crippen LogP) is -1.28. The van der Waals surface area contributed by atoms with E-state index in [0.29, 0.717) is 0 Å². The first-order valence-electron chi connectivity index (χ1n) is 3.08. The Bertz CT molecular complexity index is 202. The molecule has 0 aliphatic carbocycles. The lowest BCUT2D eigenvalue weighted by atomic mass is 10.3. The van der Waals surface area contributed by atoms with Crippen molar-refractivity contribution >= 4 is 11.8 Å². The van der Waals surface area contributed by atoms with E-state index in [0.717, 1.165) is 6.08 Å². The van der Waals surface area contributed by atoms with Gasteiger partial charge >= 0.3 is 0 Å². The molecule has 2 N–H and O–H groups in total. The lowest BCUT2D eigenvalue weighted by Gasteiger charge is -2.03. The quantitative estimate of drug-likeness (QED) is 0.489. The molecule has 5 nitrogen and oxygen atoms in total. The van der Waals surface area contributed by atoms with Gasteiger partial charge in [0.25, 0.3) is 5.91 Å². The van der Waals surface area contributed by atoms with Crippen molar-refractivity contribution in [1.29, 1.82) is 0 Å². The number of hydrogen-bond acceptors (Lipinski definition) is 3. The van der Waals surface area contributed by atoms with Gasteiger partial charge in [-0.1, -0.05) is 6.58 Å². The van der Waals surface area contributed by atoms with Crippen molar-refractivity contribution in [2.24, 2.45) is 0 Å². The third kappa shape index (κ3) is 1.78. The molecule has 5 heteroatoms. The number of nitrogens with one attached hydrogen (secondary N) is 2. The maximum atomic E-state index is 10.7. The summed E-state index contributed by atoms with van der Waals surface area (Å²) in [7, 11) is 0. The molecule has 1 unspecified atom stereocenters. The molecule has 0 radical (unpaired) electrons. The smallest absolute Gasteiger partial charge is 0.268 e. The van der Waals surface area contributed by atoms with Gasteiger partial charge in [-0.3, -0.25) is 14.4 Å². The van der Waals surface area contributed by atoms with Gasteiger partial charge in [0.2, 0.25) is 5.91 Å². The average molecular weight is 156 g/mol. The van der Waals surface area contributed by atoms with Crippen molar-refractivity contribution in [1.82, 2.24) is 10.8 Å². The van der Waals surface area contributed by atoms with Crippen LogP contribution in [-0.2, 0) is 14.4 Å². The number of carbonyl (C=O) groups is 2. The van der Waals surface area contributed by atoms with Gasteiger partial charge in [0.15, 0.2) is 0 Å². The van der Waals surface area contributed by atoms with Crippen LogP contribution in [0.1, 0.15) is 0 Å². The van der Waals surface area contributed by atoms with Crippen LogP contribution in [0.25, 0.3) is 0 Å². The molecule has 1 aliphatic heterocycles. The zero-order valence-corrected chi connectivity index (χ0v) is 5.79. The highest BCUT2D eigenvalue weighted by atomic mass is 16.7. The first kappa shape index (κ1) is 7.74. The van der Waals surface area contributed by atoms with Gasteiger partial charge in [0.1, 0.15) is 12.6 Å². The molecule has 1 heterocycles. The summed E-state index contributed by atoms with van der Waals surface area (Å²) in [6, 6.07) is -0.583. The molecular weight excluding hydrogens is 148 g/mol. The van der Waals surface area contributed by atoms with E-state index in [9.17, 15) is 9.59 Å². The third-order valence-electron chi connectivity index (χ3n) is 1.24. The number of carbonyl (C=O) groups excluding carboxylic acids is 2. The lowest BCUT2D eigenvalue weighted by molar-refractivity contribution is -0.127. The standard InChI is InChI=1S/C6H8N2O3/c1-2-5(9)7-4-3-11-8-6(4)10/h2,4H,1,3H2,(H,7,9)(H,8,10). The van der Waals surface area contributed by atoms with Gasteiger partial charge in [0, 0.05) is 0 Å². The molecule has 0 aromatic rings. The van der Waals surface area contributed by atoms with Crippen LogP contribution in [0.15, 0.2) is 12.7 Å². The molecule has 0 aromatic heterocycles. The lowest BCUT2D eigenvalue weighted by Crippen LogP contribution is -2.40. The fourth-order valence-electron chi connectivity index (χ4n) is 0.681. The molecule has 60 valence electrons. The Balaban J connectivity index is 2.42. The van der Waals surface area contributed by atoms with E-state index < -0.39 is 6.04 Å². The Morgan fingerprint density at radius 1 is 1.91 bits per heavy atom. The Kier molecular flexibility index (Phi) is 2.22. The van der Waals surface area contributed by atoms with Crippen LogP contribution in [-0.4, -0.2) is 24.5 Å². The van der Waals surface area contributed by atoms with Crippen LogP contribution in [0.5, 0.6) is 0 Å². The number of amides is 2. The highest BCUT2D eigenvalue weighted by molar-refractivity contribution is 5.92. The SMILES string of the molecule is C=CC(=O)NC1CONC1=O. The van der Waals surface area contributed by atoms with Gasteiger partial charge in [0.05, 0.1) is 0 Å². The van der Waals surface area contributed by atoms with Gasteiger partial charge in [-0.15, -0.1) is 0 Å². The van der Waals surface area contributed by atoms with Crippen molar-refractivity contribution in [2.45, 2.75) is 6.04 Å². The van der Waals surface area contributed by atoms with Crippen LogP contribution < -0.4 is 10.8 Å². The molecule has 1 atom stereocenters. The van der Waals surface area contributed by atoms with E-state index in [4.69, 9.17) is 0 Å². The minimum absolute atomic E-state index is 0.165. The van der Waals surface area contributed by atoms with E-state index in [1.807, 2.05) is 0 Å². The Hall–Kier alpha value is -1.36. The molecule has 1 fully saturated rings. The summed E-state index contributed by atoms with van der Waals surface area (Å²) in [4.78, 5) is 26.0. The van der Waals surface area contributed by atoms with Crippen LogP contribution in [0.4, 0.5) is 0 Å². The van der Waals surface area contributed by atoms with Crippen LogP contribution in [0.3, 0.4) is 0 Å². The number of rotatable bonds is 2. The van der Waals surface area contributed by atoms with Crippen LogP contribution in [0, 0.1) is 0 Å². The summed E-state index contributed by atoms with van der Waals surface area (Å²) >= 11 is 0. The molecule has 1 saturated heterocycles. The summed E-state index contributed by atoms with van der Waals surface area (Å²) < 4.78 is 0. The fourth-order valence-corrected chi connectivity index (χ4v) is 0.681. The number of hydroxylamine groups is 1. The Labute approximate surface area is 63.4 Å². The second kappa shape index (κ2) is 3.16. The minimum atomic E-state index is -0.583.